The number of rotatable bonds is 10. The van der Waals surface area contributed by atoms with Gasteiger partial charge in [-0.3, -0.25) is 0 Å². The Morgan fingerprint density at radius 3 is 0.592 bits per heavy atom. The summed E-state index contributed by atoms with van der Waals surface area (Å²) >= 11 is 0. The Morgan fingerprint density at radius 2 is 0.423 bits per heavy atom. The van der Waals surface area contributed by atoms with E-state index in [1.807, 2.05) is 114 Å². The van der Waals surface area contributed by atoms with Crippen molar-refractivity contribution in [1.82, 2.24) is 0 Å². The van der Waals surface area contributed by atoms with E-state index in [1.54, 1.807) is 53.7 Å². The number of hydrogen-bond donors (Lipinski definition) is 9. The number of aliphatic hydroxyl groups excluding tert-OH is 3. The fourth-order valence-corrected chi connectivity index (χ4v) is 7.55. The smallest absolute Gasteiger partial charge is 0.122 e. The third-order valence-electron chi connectivity index (χ3n) is 10.0. The van der Waals surface area contributed by atoms with Crippen LogP contribution in [0.1, 0.15) is 131 Å². The van der Waals surface area contributed by atoms with Gasteiger partial charge in [0.05, 0.1) is 0 Å². The third kappa shape index (κ3) is 24.5. The summed E-state index contributed by atoms with van der Waals surface area (Å²) in [6.45, 7) is 32.6. The molecule has 0 saturated heterocycles. The number of aromatic hydroxyl groups is 6. The third-order valence-corrected chi connectivity index (χ3v) is 10.0. The summed E-state index contributed by atoms with van der Waals surface area (Å²) < 4.78 is 0. The van der Waals surface area contributed by atoms with Crippen LogP contribution in [0, 0.1) is 62.3 Å². The maximum absolute atomic E-state index is 11.6. The van der Waals surface area contributed by atoms with Gasteiger partial charge in [-0.05, 0) is 130 Å². The van der Waals surface area contributed by atoms with Crippen LogP contribution in [-0.4, -0.2) is 65.8 Å². The fraction of sp³-hybridized carbons (Fsp3) is 0.339. The van der Waals surface area contributed by atoms with E-state index >= 15 is 0 Å². The normalized spacial score (nSPS) is 9.44. The first-order valence-electron chi connectivity index (χ1n) is 23.2. The Hall–Kier alpha value is -3.35. The maximum atomic E-state index is 11.6. The first kappa shape index (κ1) is 74.2. The SMILES string of the molecule is CCO.CCO.CCO.Cc1ccc(O)c(Cc2cc(C)cc(Cc3cc(C)cc(Cc4cc(C)cc(Cc5cc(C)cc(Cc6cc(C)ccc6O)c5O)c4O)c3O)c2O)c1.[CH2-]C.[CH2-]C.[CH2-]C.[Zr].[Zr].[Zr]. The number of phenols is 6. The van der Waals surface area contributed by atoms with E-state index < -0.39 is 0 Å². The predicted molar refractivity (Wildman–Crippen MR) is 282 cm³/mol. The van der Waals surface area contributed by atoms with Crippen LogP contribution in [0.4, 0.5) is 0 Å². The molecule has 0 aromatic heterocycles. The van der Waals surface area contributed by atoms with Gasteiger partial charge in [-0.2, -0.15) is 20.8 Å². The summed E-state index contributed by atoms with van der Waals surface area (Å²) in [5, 5.41) is 89.7. The molecule has 0 radical (unpaired) electrons. The molecule has 0 bridgehead atoms. The minimum Gasteiger partial charge on any atom is -0.508 e. The first-order valence-corrected chi connectivity index (χ1v) is 23.2. The second-order valence-corrected chi connectivity index (χ2v) is 15.8. The molecule has 0 spiro atoms. The van der Waals surface area contributed by atoms with Crippen molar-refractivity contribution in [1.29, 1.82) is 0 Å². The van der Waals surface area contributed by atoms with E-state index in [2.05, 4.69) is 20.8 Å². The average molecular weight is 1210 g/mol. The van der Waals surface area contributed by atoms with E-state index in [0.29, 0.717) is 70.2 Å². The average Bonchev–Trinajstić information content (AvgIpc) is 3.29. The molecule has 386 valence electrons. The molecule has 0 aliphatic heterocycles. The van der Waals surface area contributed by atoms with Gasteiger partial charge < -0.3 is 66.7 Å². The number of phenolic OH excluding ortho intramolecular Hbond substituents is 6. The van der Waals surface area contributed by atoms with Gasteiger partial charge >= 0.3 is 0 Å². The number of aryl methyl sites for hydroxylation is 6. The van der Waals surface area contributed by atoms with Crippen molar-refractivity contribution in [3.05, 3.63) is 195 Å². The molecule has 71 heavy (non-hydrogen) atoms. The molecule has 0 fully saturated rings. The topological polar surface area (TPSA) is 182 Å². The van der Waals surface area contributed by atoms with Gasteiger partial charge in [0.25, 0.3) is 0 Å². The van der Waals surface area contributed by atoms with E-state index in [4.69, 9.17) is 15.3 Å². The van der Waals surface area contributed by atoms with Crippen LogP contribution in [0.15, 0.2) is 84.9 Å². The molecule has 6 aromatic carbocycles. The van der Waals surface area contributed by atoms with Crippen LogP contribution < -0.4 is 0 Å². The van der Waals surface area contributed by atoms with Crippen LogP contribution in [0.25, 0.3) is 0 Å². The molecule has 0 heterocycles. The monoisotopic (exact) mass is 1200 g/mol. The summed E-state index contributed by atoms with van der Waals surface area (Å²) in [6.07, 6.45) is 1.59. The fourth-order valence-electron chi connectivity index (χ4n) is 7.55. The molecule has 0 saturated carbocycles. The Balaban J connectivity index is -0.00000112. The second kappa shape index (κ2) is 40.1. The van der Waals surface area contributed by atoms with Crippen molar-refractivity contribution >= 4 is 0 Å². The molecule has 0 atom stereocenters. The van der Waals surface area contributed by atoms with Crippen molar-refractivity contribution in [3.63, 3.8) is 0 Å². The minimum absolute atomic E-state index is 0. The van der Waals surface area contributed by atoms with Gasteiger partial charge in [-0.1, -0.05) is 106 Å². The molecular formula is C59H81O9Zr3-3. The minimum atomic E-state index is 0. The molecule has 0 aliphatic carbocycles. The number of hydrogen-bond acceptors (Lipinski definition) is 9. The van der Waals surface area contributed by atoms with Crippen LogP contribution in [0.2, 0.25) is 0 Å². The number of aliphatic hydroxyl groups is 3. The van der Waals surface area contributed by atoms with Crippen LogP contribution >= 0.6 is 0 Å². The largest absolute Gasteiger partial charge is 0.508 e. The van der Waals surface area contributed by atoms with E-state index in [-0.39, 0.29) is 139 Å². The van der Waals surface area contributed by atoms with Gasteiger partial charge in [-0.15, -0.1) is 0 Å². The molecular weight excluding hydrogens is 1130 g/mol. The zero-order chi connectivity index (χ0) is 52.3. The second-order valence-electron chi connectivity index (χ2n) is 15.8. The van der Waals surface area contributed by atoms with E-state index in [9.17, 15) is 30.6 Å². The Kier molecular flexibility index (Phi) is 41.9. The van der Waals surface area contributed by atoms with Crippen LogP contribution in [-0.2, 0) is 111 Å². The molecule has 0 amide bonds. The summed E-state index contributed by atoms with van der Waals surface area (Å²) in [5.74, 6) is 0.855. The Labute approximate surface area is 484 Å². The molecule has 6 aromatic rings. The molecule has 6 rings (SSSR count). The Bertz CT molecular complexity index is 2270. The zero-order valence-electron chi connectivity index (χ0n) is 44.4. The molecule has 0 aliphatic rings. The molecule has 9 N–H and O–H groups in total. The summed E-state index contributed by atoms with van der Waals surface area (Å²) in [5.41, 5.74) is 12.7. The Morgan fingerprint density at radius 1 is 0.282 bits per heavy atom. The van der Waals surface area contributed by atoms with Gasteiger partial charge in [0.15, 0.2) is 0 Å². The van der Waals surface area contributed by atoms with Crippen molar-refractivity contribution in [2.24, 2.45) is 0 Å². The van der Waals surface area contributed by atoms with Crippen LogP contribution in [0.3, 0.4) is 0 Å². The van der Waals surface area contributed by atoms with Crippen LogP contribution in [0.5, 0.6) is 34.5 Å². The number of benzene rings is 6. The van der Waals surface area contributed by atoms with Crippen molar-refractivity contribution in [3.8, 4) is 34.5 Å². The molecule has 12 heteroatoms. The summed E-state index contributed by atoms with van der Waals surface area (Å²) in [6, 6.07) is 26.2. The van der Waals surface area contributed by atoms with Gasteiger partial charge in [0.1, 0.15) is 34.5 Å². The standard InChI is InChI=1S/C47H48O6.3C2H6O.3C2H5.3Zr/c1-26-7-9-42(48)32(11-26)21-34-13-28(3)15-36(44(34)50)23-38-17-30(5)19-40(46(38)52)25-41-20-31(6)18-39(47(41)53)24-37-16-29(4)14-35(45(37)51)22-33-12-27(2)8-10-43(33)49;3*1-2-3;3*1-2;;;/h7-20,48-53H,21-25H2,1-6H3;3*3H,2H2,1H3;3*1H2,2H3;;;/q;;;;3*-1;;;. The van der Waals surface area contributed by atoms with Crippen molar-refractivity contribution in [2.75, 3.05) is 19.8 Å². The molecule has 0 unspecified atom stereocenters. The quantitative estimate of drug-likeness (QED) is 0.0603. The zero-order valence-corrected chi connectivity index (χ0v) is 51.8. The first-order chi connectivity index (χ1) is 32.4. The van der Waals surface area contributed by atoms with Gasteiger partial charge in [-0.25, -0.2) is 0 Å². The molecule has 9 nitrogen and oxygen atoms in total. The van der Waals surface area contributed by atoms with Gasteiger partial charge in [0, 0.05) is 131 Å². The van der Waals surface area contributed by atoms with E-state index in [0.717, 1.165) is 44.5 Å². The van der Waals surface area contributed by atoms with Crippen molar-refractivity contribution < 1.29 is 125 Å². The predicted octanol–water partition coefficient (Wildman–Crippen LogP) is 12.2. The summed E-state index contributed by atoms with van der Waals surface area (Å²) in [4.78, 5) is 0. The summed E-state index contributed by atoms with van der Waals surface area (Å²) in [7, 11) is 0. The van der Waals surface area contributed by atoms with Gasteiger partial charge in [0.2, 0.25) is 0 Å². The van der Waals surface area contributed by atoms with E-state index in [1.165, 1.54) is 0 Å². The van der Waals surface area contributed by atoms with Crippen molar-refractivity contribution in [2.45, 2.75) is 115 Å². The maximum Gasteiger partial charge on any atom is 0.122 e.